The van der Waals surface area contributed by atoms with E-state index >= 15 is 0 Å². The molecule has 0 bridgehead atoms. The maximum Gasteiger partial charge on any atom is 0.325 e. The Morgan fingerprint density at radius 1 is 1.14 bits per heavy atom. The van der Waals surface area contributed by atoms with E-state index in [4.69, 9.17) is 11.6 Å². The molecule has 0 aliphatic carbocycles. The van der Waals surface area contributed by atoms with E-state index < -0.39 is 29.9 Å². The van der Waals surface area contributed by atoms with E-state index in [-0.39, 0.29) is 5.78 Å². The molecule has 1 fully saturated rings. The summed E-state index contributed by atoms with van der Waals surface area (Å²) in [7, 11) is 0. The van der Waals surface area contributed by atoms with Crippen LogP contribution in [0.5, 0.6) is 0 Å². The lowest BCUT2D eigenvalue weighted by molar-refractivity contribution is -0.133. The lowest BCUT2D eigenvalue weighted by atomic mass is 9.92. The number of ketones is 1. The largest absolute Gasteiger partial charge is 0.325 e. The molecule has 144 valence electrons. The highest BCUT2D eigenvalue weighted by atomic mass is 35.5. The summed E-state index contributed by atoms with van der Waals surface area (Å²) in [4.78, 5) is 49.8. The molecule has 1 saturated heterocycles. The lowest BCUT2D eigenvalue weighted by Crippen LogP contribution is -2.42. The average molecular weight is 400 g/mol. The first-order valence-corrected chi connectivity index (χ1v) is 8.89. The Balaban J connectivity index is 1.73. The van der Waals surface area contributed by atoms with Crippen molar-refractivity contribution in [2.24, 2.45) is 0 Å². The number of nitrogens with zero attached hydrogens (tertiary/aromatic N) is 1. The quantitative estimate of drug-likeness (QED) is 0.596. The summed E-state index contributed by atoms with van der Waals surface area (Å²) in [6, 6.07) is 12.3. The third-order valence-corrected chi connectivity index (χ3v) is 4.80. The second kappa shape index (κ2) is 7.44. The molecule has 1 atom stereocenters. The third-order valence-electron chi connectivity index (χ3n) is 4.55. The number of halogens is 1. The number of urea groups is 1. The smallest absolute Gasteiger partial charge is 0.325 e. The first kappa shape index (κ1) is 19.6. The molecule has 28 heavy (non-hydrogen) atoms. The van der Waals surface area contributed by atoms with E-state index in [1.807, 2.05) is 0 Å². The standard InChI is InChI=1S/C20H18ClN3O4/c1-12(25)13-4-3-5-16(10-13)22-17(26)11-24-18(27)20(2,23-19(24)28)14-6-8-15(21)9-7-14/h3-10H,11H2,1-2H3,(H,22,26)(H,23,28)/t20-/m0/s1. The molecule has 2 aromatic rings. The molecule has 3 rings (SSSR count). The van der Waals surface area contributed by atoms with Crippen LogP contribution in [0.2, 0.25) is 5.02 Å². The van der Waals surface area contributed by atoms with Crippen LogP contribution in [0, 0.1) is 0 Å². The molecule has 0 radical (unpaired) electrons. The van der Waals surface area contributed by atoms with E-state index in [2.05, 4.69) is 10.6 Å². The topological polar surface area (TPSA) is 95.6 Å². The fourth-order valence-corrected chi connectivity index (χ4v) is 3.11. The van der Waals surface area contributed by atoms with Gasteiger partial charge in [-0.15, -0.1) is 0 Å². The van der Waals surface area contributed by atoms with Crippen molar-refractivity contribution in [1.29, 1.82) is 0 Å². The van der Waals surface area contributed by atoms with Crippen LogP contribution in [0.4, 0.5) is 10.5 Å². The molecule has 0 aromatic heterocycles. The van der Waals surface area contributed by atoms with Crippen molar-refractivity contribution in [2.45, 2.75) is 19.4 Å². The van der Waals surface area contributed by atoms with Gasteiger partial charge in [-0.1, -0.05) is 35.9 Å². The molecule has 1 aliphatic rings. The summed E-state index contributed by atoms with van der Waals surface area (Å²) < 4.78 is 0. The zero-order valence-corrected chi connectivity index (χ0v) is 16.0. The maximum atomic E-state index is 12.8. The highest BCUT2D eigenvalue weighted by molar-refractivity contribution is 6.30. The van der Waals surface area contributed by atoms with Crippen LogP contribution in [0.1, 0.15) is 29.8 Å². The molecule has 1 heterocycles. The number of carbonyl (C=O) groups is 4. The first-order chi connectivity index (χ1) is 13.2. The highest BCUT2D eigenvalue weighted by Gasteiger charge is 2.49. The minimum absolute atomic E-state index is 0.135. The SMILES string of the molecule is CC(=O)c1cccc(NC(=O)CN2C(=O)N[C@@](C)(c3ccc(Cl)cc3)C2=O)c1. The summed E-state index contributed by atoms with van der Waals surface area (Å²) in [5.41, 5.74) is 0.136. The Hall–Kier alpha value is -3.19. The Labute approximate surface area is 166 Å². The van der Waals surface area contributed by atoms with Gasteiger partial charge in [-0.3, -0.25) is 19.3 Å². The monoisotopic (exact) mass is 399 g/mol. The molecule has 0 unspecified atom stereocenters. The molecule has 2 N–H and O–H groups in total. The zero-order chi connectivity index (χ0) is 20.5. The third kappa shape index (κ3) is 3.75. The second-order valence-corrected chi connectivity index (χ2v) is 7.07. The zero-order valence-electron chi connectivity index (χ0n) is 15.3. The summed E-state index contributed by atoms with van der Waals surface area (Å²) >= 11 is 5.88. The van der Waals surface area contributed by atoms with Crippen LogP contribution >= 0.6 is 11.6 Å². The molecular weight excluding hydrogens is 382 g/mol. The molecule has 8 heteroatoms. The molecule has 4 amide bonds. The Bertz CT molecular complexity index is 974. The normalized spacial score (nSPS) is 18.8. The maximum absolute atomic E-state index is 12.8. The van der Waals surface area contributed by atoms with Gasteiger partial charge in [-0.2, -0.15) is 0 Å². The second-order valence-electron chi connectivity index (χ2n) is 6.64. The van der Waals surface area contributed by atoms with Crippen LogP contribution in [0.25, 0.3) is 0 Å². The van der Waals surface area contributed by atoms with Gasteiger partial charge in [-0.05, 0) is 43.7 Å². The summed E-state index contributed by atoms with van der Waals surface area (Å²) in [6.07, 6.45) is 0. The number of benzene rings is 2. The van der Waals surface area contributed by atoms with Gasteiger partial charge in [0.15, 0.2) is 5.78 Å². The Kier molecular flexibility index (Phi) is 5.20. The first-order valence-electron chi connectivity index (χ1n) is 8.52. The van der Waals surface area contributed by atoms with Crippen LogP contribution in [-0.4, -0.2) is 35.1 Å². The van der Waals surface area contributed by atoms with Gasteiger partial charge >= 0.3 is 6.03 Å². The Morgan fingerprint density at radius 2 is 1.82 bits per heavy atom. The van der Waals surface area contributed by atoms with E-state index in [9.17, 15) is 19.2 Å². The number of amides is 4. The van der Waals surface area contributed by atoms with Crippen molar-refractivity contribution < 1.29 is 19.2 Å². The van der Waals surface area contributed by atoms with Crippen molar-refractivity contribution in [2.75, 3.05) is 11.9 Å². The number of hydrogen-bond donors (Lipinski definition) is 2. The van der Waals surface area contributed by atoms with Gasteiger partial charge in [-0.25, -0.2) is 4.79 Å². The van der Waals surface area contributed by atoms with Crippen LogP contribution in [0.15, 0.2) is 48.5 Å². The average Bonchev–Trinajstić information content (AvgIpc) is 2.86. The van der Waals surface area contributed by atoms with Gasteiger partial charge in [0, 0.05) is 16.3 Å². The minimum atomic E-state index is -1.28. The summed E-state index contributed by atoms with van der Waals surface area (Å²) in [6.45, 7) is 2.55. The van der Waals surface area contributed by atoms with E-state index in [0.29, 0.717) is 21.8 Å². The predicted molar refractivity (Wildman–Crippen MR) is 104 cm³/mol. The highest BCUT2D eigenvalue weighted by Crippen LogP contribution is 2.29. The van der Waals surface area contributed by atoms with Gasteiger partial charge in [0.2, 0.25) is 5.91 Å². The van der Waals surface area contributed by atoms with Crippen LogP contribution in [-0.2, 0) is 15.1 Å². The van der Waals surface area contributed by atoms with Gasteiger partial charge < -0.3 is 10.6 Å². The van der Waals surface area contributed by atoms with E-state index in [1.165, 1.54) is 13.0 Å². The minimum Gasteiger partial charge on any atom is -0.325 e. The fraction of sp³-hybridized carbons (Fsp3) is 0.200. The lowest BCUT2D eigenvalue weighted by Gasteiger charge is -2.22. The van der Waals surface area contributed by atoms with Crippen LogP contribution in [0.3, 0.4) is 0 Å². The number of hydrogen-bond acceptors (Lipinski definition) is 4. The molecule has 1 aliphatic heterocycles. The Morgan fingerprint density at radius 3 is 2.46 bits per heavy atom. The van der Waals surface area contributed by atoms with Crippen molar-refractivity contribution in [3.63, 3.8) is 0 Å². The van der Waals surface area contributed by atoms with Gasteiger partial charge in [0.1, 0.15) is 12.1 Å². The number of imide groups is 1. The van der Waals surface area contributed by atoms with Gasteiger partial charge in [0.25, 0.3) is 5.91 Å². The summed E-state index contributed by atoms with van der Waals surface area (Å²) in [5.74, 6) is -1.22. The van der Waals surface area contributed by atoms with Crippen molar-refractivity contribution in [3.05, 3.63) is 64.7 Å². The van der Waals surface area contributed by atoms with Crippen LogP contribution < -0.4 is 10.6 Å². The number of anilines is 1. The molecular formula is C20H18ClN3O4. The van der Waals surface area contributed by atoms with Gasteiger partial charge in [0.05, 0.1) is 0 Å². The van der Waals surface area contributed by atoms with Crippen molar-refractivity contribution >= 4 is 40.9 Å². The van der Waals surface area contributed by atoms with Crippen molar-refractivity contribution in [1.82, 2.24) is 10.2 Å². The molecule has 0 saturated carbocycles. The van der Waals surface area contributed by atoms with E-state index in [1.54, 1.807) is 49.4 Å². The number of carbonyl (C=O) groups excluding carboxylic acids is 4. The number of Topliss-reactive ketones (excluding diaryl/α,β-unsaturated/α-hetero) is 1. The molecule has 0 spiro atoms. The van der Waals surface area contributed by atoms with E-state index in [0.717, 1.165) is 4.90 Å². The number of rotatable bonds is 5. The van der Waals surface area contributed by atoms with Crippen molar-refractivity contribution in [3.8, 4) is 0 Å². The molecule has 7 nitrogen and oxygen atoms in total. The predicted octanol–water partition coefficient (Wildman–Crippen LogP) is 2.95. The summed E-state index contributed by atoms with van der Waals surface area (Å²) in [5, 5.41) is 5.73. The fourth-order valence-electron chi connectivity index (χ4n) is 2.98. The number of nitrogens with one attached hydrogen (secondary N) is 2. The molecule has 2 aromatic carbocycles.